The Balaban J connectivity index is 2.24. The predicted molar refractivity (Wildman–Crippen MR) is 73.8 cm³/mol. The summed E-state index contributed by atoms with van der Waals surface area (Å²) in [6.07, 6.45) is 1.09. The summed E-state index contributed by atoms with van der Waals surface area (Å²) in [5.41, 5.74) is 6.53. The molecule has 98 valence electrons. The van der Waals surface area contributed by atoms with Gasteiger partial charge in [0.15, 0.2) is 5.69 Å². The maximum absolute atomic E-state index is 11.0. The number of para-hydroxylation sites is 1. The van der Waals surface area contributed by atoms with Gasteiger partial charge in [-0.25, -0.2) is 15.0 Å². The summed E-state index contributed by atoms with van der Waals surface area (Å²) in [5.74, 6) is -0.0273. The molecule has 7 nitrogen and oxygen atoms in total. The number of nitrogen functional groups attached to an aromatic ring is 1. The molecule has 2 heterocycles. The molecule has 2 aromatic heterocycles. The van der Waals surface area contributed by atoms with Crippen LogP contribution in [0.15, 0.2) is 42.6 Å². The molecule has 0 saturated carbocycles. The van der Waals surface area contributed by atoms with Crippen molar-refractivity contribution in [1.82, 2.24) is 15.0 Å². The minimum absolute atomic E-state index is 0.0273. The molecule has 0 atom stereocenters. The highest BCUT2D eigenvalue weighted by Gasteiger charge is 2.19. The summed E-state index contributed by atoms with van der Waals surface area (Å²) in [4.78, 5) is 22.4. The van der Waals surface area contributed by atoms with Gasteiger partial charge in [0.05, 0.1) is 16.1 Å². The number of hydrogen-bond donors (Lipinski definition) is 1. The smallest absolute Gasteiger partial charge is 0.315 e. The SMILES string of the molecule is Nc1ncc([N+](=O)[O-])c(-c2ccc3ccccc3n2)n1. The summed E-state index contributed by atoms with van der Waals surface area (Å²) < 4.78 is 0. The van der Waals surface area contributed by atoms with Crippen LogP contribution in [0.4, 0.5) is 11.6 Å². The third-order valence-corrected chi connectivity index (χ3v) is 2.83. The van der Waals surface area contributed by atoms with E-state index < -0.39 is 4.92 Å². The lowest BCUT2D eigenvalue weighted by atomic mass is 10.1. The number of benzene rings is 1. The van der Waals surface area contributed by atoms with Crippen molar-refractivity contribution in [3.8, 4) is 11.4 Å². The van der Waals surface area contributed by atoms with Gasteiger partial charge in [0, 0.05) is 5.39 Å². The van der Waals surface area contributed by atoms with E-state index in [9.17, 15) is 10.1 Å². The summed E-state index contributed by atoms with van der Waals surface area (Å²) >= 11 is 0. The van der Waals surface area contributed by atoms with Crippen molar-refractivity contribution in [3.05, 3.63) is 52.7 Å². The van der Waals surface area contributed by atoms with Crippen LogP contribution in [0.3, 0.4) is 0 Å². The Bertz CT molecular complexity index is 819. The van der Waals surface area contributed by atoms with Crippen molar-refractivity contribution < 1.29 is 4.92 Å². The van der Waals surface area contributed by atoms with Crippen LogP contribution in [0.5, 0.6) is 0 Å². The van der Waals surface area contributed by atoms with Gasteiger partial charge in [-0.05, 0) is 12.1 Å². The van der Waals surface area contributed by atoms with Crippen molar-refractivity contribution in [2.24, 2.45) is 0 Å². The molecule has 0 unspecified atom stereocenters. The number of nitro groups is 1. The van der Waals surface area contributed by atoms with Crippen LogP contribution in [-0.4, -0.2) is 19.9 Å². The fraction of sp³-hybridized carbons (Fsp3) is 0. The van der Waals surface area contributed by atoms with Gasteiger partial charge in [0.25, 0.3) is 0 Å². The largest absolute Gasteiger partial charge is 0.368 e. The van der Waals surface area contributed by atoms with E-state index in [1.165, 1.54) is 0 Å². The molecular formula is C13H9N5O2. The number of pyridine rings is 1. The summed E-state index contributed by atoms with van der Waals surface area (Å²) in [6.45, 7) is 0. The molecule has 0 spiro atoms. The zero-order valence-corrected chi connectivity index (χ0v) is 10.2. The molecule has 0 aliphatic carbocycles. The molecule has 3 aromatic rings. The Morgan fingerprint density at radius 3 is 2.70 bits per heavy atom. The molecule has 0 radical (unpaired) electrons. The first-order valence-electron chi connectivity index (χ1n) is 5.78. The molecule has 0 aliphatic heterocycles. The van der Waals surface area contributed by atoms with E-state index in [2.05, 4.69) is 15.0 Å². The molecule has 7 heteroatoms. The molecule has 1 aromatic carbocycles. The first-order chi connectivity index (χ1) is 9.65. The minimum Gasteiger partial charge on any atom is -0.368 e. The van der Waals surface area contributed by atoms with Crippen LogP contribution in [-0.2, 0) is 0 Å². The zero-order chi connectivity index (χ0) is 14.1. The van der Waals surface area contributed by atoms with Gasteiger partial charge in [0.2, 0.25) is 5.95 Å². The van der Waals surface area contributed by atoms with E-state index in [1.54, 1.807) is 6.07 Å². The maximum atomic E-state index is 11.0. The average molecular weight is 267 g/mol. The van der Waals surface area contributed by atoms with E-state index in [0.29, 0.717) is 5.69 Å². The first kappa shape index (κ1) is 12.0. The topological polar surface area (TPSA) is 108 Å². The first-order valence-corrected chi connectivity index (χ1v) is 5.78. The Morgan fingerprint density at radius 1 is 1.10 bits per heavy atom. The number of hydrogen-bond acceptors (Lipinski definition) is 6. The monoisotopic (exact) mass is 267 g/mol. The third-order valence-electron chi connectivity index (χ3n) is 2.83. The second kappa shape index (κ2) is 4.54. The number of anilines is 1. The predicted octanol–water partition coefficient (Wildman–Crippen LogP) is 2.18. The summed E-state index contributed by atoms with van der Waals surface area (Å²) in [5, 5.41) is 12.0. The van der Waals surface area contributed by atoms with Gasteiger partial charge in [0.1, 0.15) is 6.20 Å². The number of nitrogens with zero attached hydrogens (tertiary/aromatic N) is 4. The molecule has 2 N–H and O–H groups in total. The van der Waals surface area contributed by atoms with E-state index >= 15 is 0 Å². The molecule has 0 saturated heterocycles. The second-order valence-corrected chi connectivity index (χ2v) is 4.11. The summed E-state index contributed by atoms with van der Waals surface area (Å²) in [6, 6.07) is 11.0. The van der Waals surface area contributed by atoms with Crippen LogP contribution in [0.1, 0.15) is 0 Å². The second-order valence-electron chi connectivity index (χ2n) is 4.11. The van der Waals surface area contributed by atoms with Crippen LogP contribution in [0, 0.1) is 10.1 Å². The molecule has 3 rings (SSSR count). The van der Waals surface area contributed by atoms with Crippen LogP contribution in [0.25, 0.3) is 22.3 Å². The van der Waals surface area contributed by atoms with E-state index in [0.717, 1.165) is 17.1 Å². The Morgan fingerprint density at radius 2 is 1.90 bits per heavy atom. The molecule has 20 heavy (non-hydrogen) atoms. The van der Waals surface area contributed by atoms with Crippen molar-refractivity contribution in [1.29, 1.82) is 0 Å². The van der Waals surface area contributed by atoms with Crippen LogP contribution < -0.4 is 5.73 Å². The molecule has 0 fully saturated rings. The fourth-order valence-corrected chi connectivity index (χ4v) is 1.91. The van der Waals surface area contributed by atoms with Crippen molar-refractivity contribution in [2.45, 2.75) is 0 Å². The van der Waals surface area contributed by atoms with Crippen molar-refractivity contribution in [2.75, 3.05) is 5.73 Å². The Hall–Kier alpha value is -3.09. The highest BCUT2D eigenvalue weighted by Crippen LogP contribution is 2.27. The normalized spacial score (nSPS) is 10.6. The molecule has 0 bridgehead atoms. The average Bonchev–Trinajstić information content (AvgIpc) is 2.46. The molecular weight excluding hydrogens is 258 g/mol. The Kier molecular flexibility index (Phi) is 2.72. The fourth-order valence-electron chi connectivity index (χ4n) is 1.91. The van der Waals surface area contributed by atoms with Crippen LogP contribution in [0.2, 0.25) is 0 Å². The lowest BCUT2D eigenvalue weighted by Crippen LogP contribution is -2.02. The number of rotatable bonds is 2. The van der Waals surface area contributed by atoms with Gasteiger partial charge >= 0.3 is 5.69 Å². The standard InChI is InChI=1S/C13H9N5O2/c14-13-15-7-11(18(19)20)12(17-13)10-6-5-8-3-1-2-4-9(8)16-10/h1-7H,(H2,14,15,17). The number of fused-ring (bicyclic) bond motifs is 1. The highest BCUT2D eigenvalue weighted by molar-refractivity contribution is 5.82. The molecule has 0 amide bonds. The van der Waals surface area contributed by atoms with Gasteiger partial charge in [-0.2, -0.15) is 0 Å². The van der Waals surface area contributed by atoms with Crippen molar-refractivity contribution >= 4 is 22.5 Å². The maximum Gasteiger partial charge on any atom is 0.315 e. The lowest BCUT2D eigenvalue weighted by Gasteiger charge is -2.04. The third kappa shape index (κ3) is 2.01. The van der Waals surface area contributed by atoms with Gasteiger partial charge < -0.3 is 5.73 Å². The van der Waals surface area contributed by atoms with E-state index in [-0.39, 0.29) is 17.3 Å². The summed E-state index contributed by atoms with van der Waals surface area (Å²) in [7, 11) is 0. The van der Waals surface area contributed by atoms with Gasteiger partial charge in [-0.1, -0.05) is 24.3 Å². The van der Waals surface area contributed by atoms with E-state index in [1.807, 2.05) is 30.3 Å². The van der Waals surface area contributed by atoms with Gasteiger partial charge in [-0.15, -0.1) is 0 Å². The minimum atomic E-state index is -0.550. The van der Waals surface area contributed by atoms with Crippen molar-refractivity contribution in [3.63, 3.8) is 0 Å². The Labute approximate surface area is 113 Å². The zero-order valence-electron chi connectivity index (χ0n) is 10.2. The highest BCUT2D eigenvalue weighted by atomic mass is 16.6. The van der Waals surface area contributed by atoms with Gasteiger partial charge in [-0.3, -0.25) is 10.1 Å². The lowest BCUT2D eigenvalue weighted by molar-refractivity contribution is -0.384. The number of nitrogens with two attached hydrogens (primary N) is 1. The van der Waals surface area contributed by atoms with Crippen LogP contribution >= 0.6 is 0 Å². The number of aromatic nitrogens is 3. The quantitative estimate of drug-likeness (QED) is 0.563. The van der Waals surface area contributed by atoms with E-state index in [4.69, 9.17) is 5.73 Å². The molecule has 0 aliphatic rings.